The topological polar surface area (TPSA) is 57.5 Å². The zero-order valence-corrected chi connectivity index (χ0v) is 14.8. The van der Waals surface area contributed by atoms with Crippen molar-refractivity contribution in [3.8, 4) is 0 Å². The lowest BCUT2D eigenvalue weighted by Crippen LogP contribution is -2.30. The minimum Gasteiger partial charge on any atom is -0.472 e. The highest BCUT2D eigenvalue weighted by molar-refractivity contribution is 5.93. The molecule has 0 bridgehead atoms. The van der Waals surface area contributed by atoms with Crippen LogP contribution >= 0.6 is 0 Å². The smallest absolute Gasteiger partial charge is 0.256 e. The third kappa shape index (κ3) is 4.94. The highest BCUT2D eigenvalue weighted by Crippen LogP contribution is 2.24. The molecule has 1 aliphatic heterocycles. The van der Waals surface area contributed by atoms with Crippen molar-refractivity contribution in [1.82, 2.24) is 15.8 Å². The second-order valence-corrected chi connectivity index (χ2v) is 6.77. The van der Waals surface area contributed by atoms with Crippen LogP contribution in [0.5, 0.6) is 0 Å². The first kappa shape index (κ1) is 17.7. The molecule has 2 heterocycles. The molecule has 2 aromatic rings. The zero-order valence-electron chi connectivity index (χ0n) is 14.8. The SMILES string of the molecule is CN(CCCCCC1CC(c2ccccc2)NN1)C(=O)c1ccoc1. The number of hydrogen-bond donors (Lipinski definition) is 2. The number of hydrogen-bond acceptors (Lipinski definition) is 4. The van der Waals surface area contributed by atoms with Gasteiger partial charge in [0.05, 0.1) is 11.8 Å². The van der Waals surface area contributed by atoms with Gasteiger partial charge in [-0.05, 0) is 30.9 Å². The normalized spacial score (nSPS) is 19.9. The van der Waals surface area contributed by atoms with Crippen LogP contribution in [0.4, 0.5) is 0 Å². The lowest BCUT2D eigenvalue weighted by Gasteiger charge is -2.16. The van der Waals surface area contributed by atoms with Crippen LogP contribution in [0.2, 0.25) is 0 Å². The van der Waals surface area contributed by atoms with Crippen LogP contribution in [0.1, 0.15) is 54.1 Å². The first-order valence-electron chi connectivity index (χ1n) is 9.07. The third-order valence-corrected chi connectivity index (χ3v) is 4.84. The van der Waals surface area contributed by atoms with Gasteiger partial charge < -0.3 is 9.32 Å². The minimum atomic E-state index is 0.0288. The van der Waals surface area contributed by atoms with Crippen LogP contribution in [0.15, 0.2) is 53.3 Å². The predicted molar refractivity (Wildman–Crippen MR) is 98.0 cm³/mol. The Labute approximate surface area is 149 Å². The van der Waals surface area contributed by atoms with Crippen molar-refractivity contribution < 1.29 is 9.21 Å². The van der Waals surface area contributed by atoms with Gasteiger partial charge in [0.2, 0.25) is 0 Å². The van der Waals surface area contributed by atoms with Crippen LogP contribution in [-0.2, 0) is 0 Å². The van der Waals surface area contributed by atoms with Crippen molar-refractivity contribution in [1.29, 1.82) is 0 Å². The molecular weight excluding hydrogens is 314 g/mol. The minimum absolute atomic E-state index is 0.0288. The molecule has 5 nitrogen and oxygen atoms in total. The van der Waals surface area contributed by atoms with Gasteiger partial charge in [-0.1, -0.05) is 43.2 Å². The summed E-state index contributed by atoms with van der Waals surface area (Å²) >= 11 is 0. The summed E-state index contributed by atoms with van der Waals surface area (Å²) in [5.41, 5.74) is 8.78. The van der Waals surface area contributed by atoms with E-state index >= 15 is 0 Å². The molecule has 1 aromatic heterocycles. The maximum Gasteiger partial charge on any atom is 0.256 e. The fourth-order valence-electron chi connectivity index (χ4n) is 3.34. The molecule has 2 N–H and O–H groups in total. The average molecular weight is 341 g/mol. The number of carbonyl (C=O) groups excluding carboxylic acids is 1. The molecule has 1 saturated heterocycles. The van der Waals surface area contributed by atoms with E-state index < -0.39 is 0 Å². The Bertz CT molecular complexity index is 642. The summed E-state index contributed by atoms with van der Waals surface area (Å²) in [7, 11) is 1.85. The summed E-state index contributed by atoms with van der Waals surface area (Å²) in [6.07, 6.45) is 8.67. The van der Waals surface area contributed by atoms with E-state index in [9.17, 15) is 4.79 Å². The Kier molecular flexibility index (Phi) is 6.25. The molecule has 25 heavy (non-hydrogen) atoms. The Morgan fingerprint density at radius 1 is 1.16 bits per heavy atom. The molecule has 0 aliphatic carbocycles. The van der Waals surface area contributed by atoms with Crippen molar-refractivity contribution >= 4 is 5.91 Å². The van der Waals surface area contributed by atoms with E-state index in [1.165, 1.54) is 24.5 Å². The molecule has 5 heteroatoms. The van der Waals surface area contributed by atoms with Gasteiger partial charge in [0, 0.05) is 25.7 Å². The summed E-state index contributed by atoms with van der Waals surface area (Å²) in [5.74, 6) is 0.0288. The Hall–Kier alpha value is -2.11. The Balaban J connectivity index is 1.30. The van der Waals surface area contributed by atoms with Crippen LogP contribution in [0, 0.1) is 0 Å². The van der Waals surface area contributed by atoms with Crippen molar-refractivity contribution in [2.75, 3.05) is 13.6 Å². The molecular formula is C20H27N3O2. The summed E-state index contributed by atoms with van der Waals surface area (Å²) in [6.45, 7) is 0.785. The molecule has 0 spiro atoms. The Morgan fingerprint density at radius 3 is 2.76 bits per heavy atom. The number of hydrazine groups is 1. The molecule has 1 aliphatic rings. The van der Waals surface area contributed by atoms with E-state index in [1.807, 2.05) is 7.05 Å². The molecule has 1 fully saturated rings. The summed E-state index contributed by atoms with van der Waals surface area (Å²) < 4.78 is 4.97. The molecule has 1 amide bonds. The van der Waals surface area contributed by atoms with Gasteiger partial charge in [-0.3, -0.25) is 15.6 Å². The van der Waals surface area contributed by atoms with Crippen LogP contribution in [-0.4, -0.2) is 30.4 Å². The standard InChI is InChI=1S/C20H27N3O2/c1-23(20(24)17-11-13-25-15-17)12-7-3-6-10-18-14-19(22-21-18)16-8-4-2-5-9-16/h2,4-5,8-9,11,13,15,18-19,21-22H,3,6-7,10,12,14H2,1H3. The first-order chi connectivity index (χ1) is 12.2. The van der Waals surface area contributed by atoms with Gasteiger partial charge >= 0.3 is 0 Å². The summed E-state index contributed by atoms with van der Waals surface area (Å²) in [6, 6.07) is 13.2. The number of rotatable bonds is 8. The quantitative estimate of drug-likeness (QED) is 0.721. The largest absolute Gasteiger partial charge is 0.472 e. The van der Waals surface area contributed by atoms with E-state index in [0.717, 1.165) is 32.2 Å². The molecule has 3 rings (SSSR count). The highest BCUT2D eigenvalue weighted by atomic mass is 16.3. The van der Waals surface area contributed by atoms with Crippen LogP contribution < -0.4 is 10.9 Å². The molecule has 2 unspecified atom stereocenters. The lowest BCUT2D eigenvalue weighted by molar-refractivity contribution is 0.0791. The molecule has 1 aromatic carbocycles. The number of unbranched alkanes of at least 4 members (excludes halogenated alkanes) is 2. The van der Waals surface area contributed by atoms with Crippen LogP contribution in [0.3, 0.4) is 0 Å². The molecule has 0 saturated carbocycles. The lowest BCUT2D eigenvalue weighted by atomic mass is 9.99. The number of benzene rings is 1. The summed E-state index contributed by atoms with van der Waals surface area (Å²) in [4.78, 5) is 13.9. The van der Waals surface area contributed by atoms with Crippen molar-refractivity contribution in [3.63, 3.8) is 0 Å². The molecule has 2 atom stereocenters. The fourth-order valence-corrected chi connectivity index (χ4v) is 3.34. The van der Waals surface area contributed by atoms with E-state index in [2.05, 4.69) is 41.2 Å². The van der Waals surface area contributed by atoms with E-state index in [1.54, 1.807) is 11.0 Å². The number of nitrogens with one attached hydrogen (secondary N) is 2. The van der Waals surface area contributed by atoms with Gasteiger partial charge in [0.15, 0.2) is 0 Å². The highest BCUT2D eigenvalue weighted by Gasteiger charge is 2.24. The third-order valence-electron chi connectivity index (χ3n) is 4.84. The van der Waals surface area contributed by atoms with Crippen molar-refractivity contribution in [2.45, 2.75) is 44.2 Å². The summed E-state index contributed by atoms with van der Waals surface area (Å²) in [5, 5.41) is 0. The number of furan rings is 1. The van der Waals surface area contributed by atoms with E-state index in [-0.39, 0.29) is 5.91 Å². The van der Waals surface area contributed by atoms with Gasteiger partial charge in [-0.25, -0.2) is 0 Å². The Morgan fingerprint density at radius 2 is 2.00 bits per heavy atom. The maximum atomic E-state index is 12.1. The van der Waals surface area contributed by atoms with Gasteiger partial charge in [0.25, 0.3) is 5.91 Å². The number of amides is 1. The number of carbonyl (C=O) groups is 1. The zero-order chi connectivity index (χ0) is 17.5. The van der Waals surface area contributed by atoms with Crippen LogP contribution in [0.25, 0.3) is 0 Å². The van der Waals surface area contributed by atoms with Gasteiger partial charge in [0.1, 0.15) is 6.26 Å². The van der Waals surface area contributed by atoms with E-state index in [4.69, 9.17) is 4.42 Å². The van der Waals surface area contributed by atoms with Gasteiger partial charge in [-0.2, -0.15) is 0 Å². The number of nitrogens with zero attached hydrogens (tertiary/aromatic N) is 1. The fraction of sp³-hybridized carbons (Fsp3) is 0.450. The molecule has 134 valence electrons. The second-order valence-electron chi connectivity index (χ2n) is 6.77. The first-order valence-corrected chi connectivity index (χ1v) is 9.07. The van der Waals surface area contributed by atoms with Crippen molar-refractivity contribution in [3.05, 3.63) is 60.1 Å². The van der Waals surface area contributed by atoms with Gasteiger partial charge in [-0.15, -0.1) is 0 Å². The van der Waals surface area contributed by atoms with Crippen molar-refractivity contribution in [2.24, 2.45) is 0 Å². The van der Waals surface area contributed by atoms with E-state index in [0.29, 0.717) is 17.6 Å². The maximum absolute atomic E-state index is 12.1. The molecule has 0 radical (unpaired) electrons. The second kappa shape index (κ2) is 8.83. The predicted octanol–water partition coefficient (Wildman–Crippen LogP) is 3.52. The monoisotopic (exact) mass is 341 g/mol. The average Bonchev–Trinajstić information content (AvgIpc) is 3.33.